The number of rotatable bonds is 3. The first kappa shape index (κ1) is 12.0. The number of nitrogens with one attached hydrogen (secondary N) is 1. The first-order valence-electron chi connectivity index (χ1n) is 6.37. The van der Waals surface area contributed by atoms with E-state index in [0.717, 1.165) is 26.2 Å². The third kappa shape index (κ3) is 2.86. The summed E-state index contributed by atoms with van der Waals surface area (Å²) in [4.78, 5) is 6.68. The summed E-state index contributed by atoms with van der Waals surface area (Å²) in [5, 5.41) is 7.28. The summed E-state index contributed by atoms with van der Waals surface area (Å²) in [5.74, 6) is 1.25. The monoisotopic (exact) mass is 254 g/mol. The Labute approximate surface area is 105 Å². The Morgan fingerprint density at radius 3 is 2.94 bits per heavy atom. The Balaban J connectivity index is 1.58. The molecule has 2 aliphatic heterocycles. The molecule has 1 unspecified atom stereocenters. The Morgan fingerprint density at radius 1 is 1.28 bits per heavy atom. The highest BCUT2D eigenvalue weighted by atomic mass is 16.6. The first-order chi connectivity index (χ1) is 8.92. The SMILES string of the molecule is C1CN(Cc2nc(C3COCCO3)no2)CCN1. The van der Waals surface area contributed by atoms with Gasteiger partial charge in [-0.25, -0.2) is 0 Å². The van der Waals surface area contributed by atoms with Crippen molar-refractivity contribution in [3.63, 3.8) is 0 Å². The van der Waals surface area contributed by atoms with Crippen LogP contribution in [0.5, 0.6) is 0 Å². The van der Waals surface area contributed by atoms with Crippen molar-refractivity contribution in [2.75, 3.05) is 46.0 Å². The molecule has 1 atom stereocenters. The summed E-state index contributed by atoms with van der Waals surface area (Å²) in [6.07, 6.45) is -0.181. The molecular weight excluding hydrogens is 236 g/mol. The zero-order valence-electron chi connectivity index (χ0n) is 10.3. The van der Waals surface area contributed by atoms with Gasteiger partial charge in [0.15, 0.2) is 0 Å². The molecule has 2 fully saturated rings. The molecule has 1 aromatic rings. The maximum Gasteiger partial charge on any atom is 0.240 e. The van der Waals surface area contributed by atoms with Crippen molar-refractivity contribution in [1.29, 1.82) is 0 Å². The van der Waals surface area contributed by atoms with Crippen LogP contribution in [0.15, 0.2) is 4.52 Å². The summed E-state index contributed by atoms with van der Waals surface area (Å²) in [6, 6.07) is 0. The van der Waals surface area contributed by atoms with Gasteiger partial charge in [-0.1, -0.05) is 5.16 Å². The van der Waals surface area contributed by atoms with Gasteiger partial charge in [0.05, 0.1) is 26.4 Å². The van der Waals surface area contributed by atoms with Gasteiger partial charge in [0.25, 0.3) is 0 Å². The van der Waals surface area contributed by atoms with E-state index in [0.29, 0.717) is 38.1 Å². The van der Waals surface area contributed by atoms with Gasteiger partial charge in [-0.15, -0.1) is 0 Å². The molecule has 1 N–H and O–H groups in total. The zero-order valence-corrected chi connectivity index (χ0v) is 10.3. The largest absolute Gasteiger partial charge is 0.376 e. The van der Waals surface area contributed by atoms with Gasteiger partial charge in [0, 0.05) is 26.2 Å². The molecule has 1 aromatic heterocycles. The van der Waals surface area contributed by atoms with Crippen LogP contribution in [0.3, 0.4) is 0 Å². The standard InChI is InChI=1S/C11H18N4O3/c1-3-15(4-2-12-1)7-10-13-11(14-18-10)9-8-16-5-6-17-9/h9,12H,1-8H2. The molecule has 3 heterocycles. The average Bonchev–Trinajstić information content (AvgIpc) is 2.89. The van der Waals surface area contributed by atoms with Gasteiger partial charge in [0.2, 0.25) is 11.7 Å². The van der Waals surface area contributed by atoms with Crippen LogP contribution in [0.1, 0.15) is 17.8 Å². The maximum atomic E-state index is 5.53. The maximum absolute atomic E-state index is 5.53. The molecule has 100 valence electrons. The molecule has 7 nitrogen and oxygen atoms in total. The van der Waals surface area contributed by atoms with Crippen molar-refractivity contribution >= 4 is 0 Å². The predicted molar refractivity (Wildman–Crippen MR) is 62.0 cm³/mol. The minimum atomic E-state index is -0.181. The zero-order chi connectivity index (χ0) is 12.2. The van der Waals surface area contributed by atoms with Crippen molar-refractivity contribution in [3.8, 4) is 0 Å². The van der Waals surface area contributed by atoms with Crippen LogP contribution in [-0.4, -0.2) is 61.0 Å². The second-order valence-corrected chi connectivity index (χ2v) is 4.51. The summed E-state index contributed by atoms with van der Waals surface area (Å²) in [7, 11) is 0. The second kappa shape index (κ2) is 5.75. The van der Waals surface area contributed by atoms with E-state index in [-0.39, 0.29) is 6.10 Å². The molecule has 0 aliphatic carbocycles. The minimum absolute atomic E-state index is 0.181. The molecule has 3 rings (SSSR count). The van der Waals surface area contributed by atoms with E-state index in [1.165, 1.54) is 0 Å². The van der Waals surface area contributed by atoms with E-state index in [4.69, 9.17) is 14.0 Å². The van der Waals surface area contributed by atoms with Gasteiger partial charge < -0.3 is 19.3 Å². The highest BCUT2D eigenvalue weighted by molar-refractivity contribution is 4.92. The molecule has 7 heteroatoms. The molecule has 0 aromatic carbocycles. The Morgan fingerprint density at radius 2 is 2.17 bits per heavy atom. The average molecular weight is 254 g/mol. The Bertz CT molecular complexity index is 372. The lowest BCUT2D eigenvalue weighted by Gasteiger charge is -2.25. The molecular formula is C11H18N4O3. The van der Waals surface area contributed by atoms with Gasteiger partial charge in [-0.05, 0) is 0 Å². The highest BCUT2D eigenvalue weighted by Gasteiger charge is 2.23. The fourth-order valence-corrected chi connectivity index (χ4v) is 2.16. The molecule has 0 spiro atoms. The molecule has 0 radical (unpaired) electrons. The van der Waals surface area contributed by atoms with E-state index in [2.05, 4.69) is 20.4 Å². The summed E-state index contributed by atoms with van der Waals surface area (Å²) in [5.41, 5.74) is 0. The quantitative estimate of drug-likeness (QED) is 0.784. The molecule has 0 bridgehead atoms. The Hall–Kier alpha value is -1.02. The summed E-state index contributed by atoms with van der Waals surface area (Å²) < 4.78 is 16.1. The Kier molecular flexibility index (Phi) is 3.84. The smallest absolute Gasteiger partial charge is 0.240 e. The highest BCUT2D eigenvalue weighted by Crippen LogP contribution is 2.18. The third-order valence-corrected chi connectivity index (χ3v) is 3.16. The van der Waals surface area contributed by atoms with Crippen molar-refractivity contribution < 1.29 is 14.0 Å². The van der Waals surface area contributed by atoms with Gasteiger partial charge in [0.1, 0.15) is 6.10 Å². The lowest BCUT2D eigenvalue weighted by molar-refractivity contribution is -0.0941. The van der Waals surface area contributed by atoms with Crippen molar-refractivity contribution in [3.05, 3.63) is 11.7 Å². The number of hydrogen-bond acceptors (Lipinski definition) is 7. The molecule has 2 saturated heterocycles. The fraction of sp³-hybridized carbons (Fsp3) is 0.818. The third-order valence-electron chi connectivity index (χ3n) is 3.16. The number of hydrogen-bond donors (Lipinski definition) is 1. The van der Waals surface area contributed by atoms with Crippen LogP contribution < -0.4 is 5.32 Å². The molecule has 2 aliphatic rings. The molecule has 0 amide bonds. The normalized spacial score (nSPS) is 26.3. The second-order valence-electron chi connectivity index (χ2n) is 4.51. The van der Waals surface area contributed by atoms with Crippen molar-refractivity contribution in [2.24, 2.45) is 0 Å². The number of nitrogens with zero attached hydrogens (tertiary/aromatic N) is 3. The van der Waals surface area contributed by atoms with Crippen LogP contribution in [-0.2, 0) is 16.0 Å². The first-order valence-corrected chi connectivity index (χ1v) is 6.37. The van der Waals surface area contributed by atoms with E-state index < -0.39 is 0 Å². The van der Waals surface area contributed by atoms with Crippen molar-refractivity contribution in [2.45, 2.75) is 12.6 Å². The van der Waals surface area contributed by atoms with E-state index in [1.807, 2.05) is 0 Å². The van der Waals surface area contributed by atoms with Crippen LogP contribution in [0.2, 0.25) is 0 Å². The van der Waals surface area contributed by atoms with Gasteiger partial charge in [-0.2, -0.15) is 4.98 Å². The number of ether oxygens (including phenoxy) is 2. The van der Waals surface area contributed by atoms with Crippen molar-refractivity contribution in [1.82, 2.24) is 20.4 Å². The van der Waals surface area contributed by atoms with Gasteiger partial charge in [-0.3, -0.25) is 4.90 Å². The van der Waals surface area contributed by atoms with Gasteiger partial charge >= 0.3 is 0 Å². The fourth-order valence-electron chi connectivity index (χ4n) is 2.16. The van der Waals surface area contributed by atoms with Crippen LogP contribution in [0.25, 0.3) is 0 Å². The minimum Gasteiger partial charge on any atom is -0.376 e. The van der Waals surface area contributed by atoms with Crippen LogP contribution >= 0.6 is 0 Å². The van der Waals surface area contributed by atoms with E-state index in [9.17, 15) is 0 Å². The summed E-state index contributed by atoms with van der Waals surface area (Å²) >= 11 is 0. The summed E-state index contributed by atoms with van der Waals surface area (Å²) in [6.45, 7) is 6.51. The number of aromatic nitrogens is 2. The van der Waals surface area contributed by atoms with E-state index in [1.54, 1.807) is 0 Å². The topological polar surface area (TPSA) is 72.7 Å². The predicted octanol–water partition coefficient (Wildman–Crippen LogP) is -0.437. The molecule has 18 heavy (non-hydrogen) atoms. The molecule has 0 saturated carbocycles. The lowest BCUT2D eigenvalue weighted by atomic mass is 10.3. The van der Waals surface area contributed by atoms with Crippen LogP contribution in [0.4, 0.5) is 0 Å². The number of piperazine rings is 1. The lowest BCUT2D eigenvalue weighted by Crippen LogP contribution is -2.42. The van der Waals surface area contributed by atoms with E-state index >= 15 is 0 Å². The van der Waals surface area contributed by atoms with Crippen LogP contribution in [0, 0.1) is 0 Å².